The van der Waals surface area contributed by atoms with Gasteiger partial charge in [-0.15, -0.1) is 0 Å². The van der Waals surface area contributed by atoms with Gasteiger partial charge in [0.15, 0.2) is 8.32 Å². The van der Waals surface area contributed by atoms with Crippen LogP contribution in [0.4, 0.5) is 0 Å². The van der Waals surface area contributed by atoms with Crippen LogP contribution in [0, 0.1) is 39.9 Å². The first-order chi connectivity index (χ1) is 15.6. The van der Waals surface area contributed by atoms with Crippen LogP contribution in [0.3, 0.4) is 0 Å². The Bertz CT molecular complexity index is 842. The molecule has 1 unspecified atom stereocenters. The highest BCUT2D eigenvalue weighted by molar-refractivity contribution is 6.74. The Hall–Kier alpha value is -0.343. The van der Waals surface area contributed by atoms with Crippen LogP contribution >= 0.6 is 0 Å². The van der Waals surface area contributed by atoms with Gasteiger partial charge in [-0.3, -0.25) is 0 Å². The standard InChI is InChI=1S/C32H56OSi/c1-12-13-22(2)24-15-16-25-23-14-17-27-30(6,7)20-19-28(33-34(10,11)29(3,4)5)32(27,9)26(23)18-21-31(24,25)8/h14,17,22,24-26,28H,12-13,15-16,18-21H2,1-11H3/t22-,24-,25+,26+,28?,31-,32-/m1/s1. The molecule has 0 bridgehead atoms. The van der Waals surface area contributed by atoms with E-state index in [2.05, 4.69) is 87.6 Å². The molecule has 4 aliphatic rings. The molecule has 0 aromatic carbocycles. The maximum atomic E-state index is 7.36. The Morgan fingerprint density at radius 3 is 2.26 bits per heavy atom. The average molecular weight is 485 g/mol. The first kappa shape index (κ1) is 26.7. The fourth-order valence-electron chi connectivity index (χ4n) is 9.04. The van der Waals surface area contributed by atoms with E-state index in [-0.39, 0.29) is 15.9 Å². The highest BCUT2D eigenvalue weighted by atomic mass is 28.4. The van der Waals surface area contributed by atoms with E-state index in [1.54, 1.807) is 5.57 Å². The van der Waals surface area contributed by atoms with Crippen molar-refractivity contribution in [3.05, 3.63) is 23.3 Å². The van der Waals surface area contributed by atoms with E-state index in [4.69, 9.17) is 4.43 Å². The lowest BCUT2D eigenvalue weighted by atomic mass is 9.46. The van der Waals surface area contributed by atoms with Crippen molar-refractivity contribution in [1.82, 2.24) is 0 Å². The molecule has 3 fully saturated rings. The van der Waals surface area contributed by atoms with E-state index >= 15 is 0 Å². The Balaban J connectivity index is 1.72. The van der Waals surface area contributed by atoms with Crippen LogP contribution in [-0.4, -0.2) is 14.4 Å². The lowest BCUT2D eigenvalue weighted by Crippen LogP contribution is -2.57. The minimum Gasteiger partial charge on any atom is -0.413 e. The van der Waals surface area contributed by atoms with E-state index in [0.717, 1.165) is 17.8 Å². The SMILES string of the molecule is CCC[C@@H](C)[C@H]1CC[C@H]2C3=CC=C4C(C)(C)CCC(O[Si](C)(C)C(C)(C)C)[C@]4(C)[C@H]3CC[C@]12C. The average Bonchev–Trinajstić information content (AvgIpc) is 3.07. The smallest absolute Gasteiger partial charge is 0.192 e. The van der Waals surface area contributed by atoms with Crippen molar-refractivity contribution in [2.45, 2.75) is 138 Å². The van der Waals surface area contributed by atoms with Crippen LogP contribution < -0.4 is 0 Å². The van der Waals surface area contributed by atoms with Crippen molar-refractivity contribution < 1.29 is 4.43 Å². The van der Waals surface area contributed by atoms with Crippen LogP contribution in [0.2, 0.25) is 18.1 Å². The Kier molecular flexibility index (Phi) is 6.76. The maximum absolute atomic E-state index is 7.36. The van der Waals surface area contributed by atoms with E-state index < -0.39 is 8.32 Å². The molecule has 7 atom stereocenters. The summed E-state index contributed by atoms with van der Waals surface area (Å²) in [6, 6.07) is 0. The molecule has 3 saturated carbocycles. The lowest BCUT2D eigenvalue weighted by Gasteiger charge is -2.61. The monoisotopic (exact) mass is 484 g/mol. The van der Waals surface area contributed by atoms with Crippen molar-refractivity contribution >= 4 is 8.32 Å². The zero-order valence-corrected chi connectivity index (χ0v) is 25.6. The van der Waals surface area contributed by atoms with Crippen LogP contribution in [0.1, 0.15) is 114 Å². The maximum Gasteiger partial charge on any atom is 0.192 e. The zero-order valence-electron chi connectivity index (χ0n) is 24.6. The number of hydrogen-bond acceptors (Lipinski definition) is 1. The second kappa shape index (κ2) is 8.61. The normalized spacial score (nSPS) is 40.6. The third-order valence-electron chi connectivity index (χ3n) is 12.0. The van der Waals surface area contributed by atoms with Gasteiger partial charge in [0.25, 0.3) is 0 Å². The molecule has 2 heteroatoms. The molecular formula is C32H56OSi. The number of allylic oxidation sites excluding steroid dienone is 3. The van der Waals surface area contributed by atoms with E-state index in [0.29, 0.717) is 17.4 Å². The third-order valence-corrected chi connectivity index (χ3v) is 16.5. The van der Waals surface area contributed by atoms with Crippen molar-refractivity contribution in [2.24, 2.45) is 39.9 Å². The van der Waals surface area contributed by atoms with Gasteiger partial charge in [-0.05, 0) is 91.2 Å². The van der Waals surface area contributed by atoms with Gasteiger partial charge in [-0.25, -0.2) is 0 Å². The summed E-state index contributed by atoms with van der Waals surface area (Å²) in [5.41, 5.74) is 4.43. The molecule has 194 valence electrons. The van der Waals surface area contributed by atoms with Gasteiger partial charge in [-0.1, -0.05) is 98.5 Å². The summed E-state index contributed by atoms with van der Waals surface area (Å²) in [5, 5.41) is 0.257. The molecule has 0 aromatic heterocycles. The quantitative estimate of drug-likeness (QED) is 0.353. The summed E-state index contributed by atoms with van der Waals surface area (Å²) in [6.45, 7) is 27.4. The van der Waals surface area contributed by atoms with Crippen molar-refractivity contribution in [2.75, 3.05) is 0 Å². The highest BCUT2D eigenvalue weighted by Gasteiger charge is 2.61. The van der Waals surface area contributed by atoms with Gasteiger partial charge in [0, 0.05) is 5.41 Å². The summed E-state index contributed by atoms with van der Waals surface area (Å²) in [5.74, 6) is 3.22. The third kappa shape index (κ3) is 3.96. The van der Waals surface area contributed by atoms with Crippen molar-refractivity contribution in [3.63, 3.8) is 0 Å². The predicted octanol–water partition coefficient (Wildman–Crippen LogP) is 9.95. The first-order valence-corrected chi connectivity index (χ1v) is 17.6. The van der Waals surface area contributed by atoms with Gasteiger partial charge in [0.1, 0.15) is 0 Å². The molecule has 0 radical (unpaired) electrons. The molecule has 0 amide bonds. The molecule has 1 nitrogen and oxygen atoms in total. The Labute approximate surface area is 213 Å². The molecule has 0 aliphatic heterocycles. The number of hydrogen-bond donors (Lipinski definition) is 0. The van der Waals surface area contributed by atoms with Gasteiger partial charge < -0.3 is 4.43 Å². The second-order valence-corrected chi connectivity index (χ2v) is 20.2. The van der Waals surface area contributed by atoms with Crippen LogP contribution in [-0.2, 0) is 4.43 Å². The molecule has 0 aromatic rings. The minimum atomic E-state index is -1.84. The fraction of sp³-hybridized carbons (Fsp3) is 0.875. The Morgan fingerprint density at radius 1 is 0.971 bits per heavy atom. The zero-order chi connectivity index (χ0) is 25.3. The molecule has 0 spiro atoms. The van der Waals surface area contributed by atoms with Crippen molar-refractivity contribution in [3.8, 4) is 0 Å². The largest absolute Gasteiger partial charge is 0.413 e. The van der Waals surface area contributed by atoms with E-state index in [9.17, 15) is 0 Å². The van der Waals surface area contributed by atoms with E-state index in [1.807, 2.05) is 5.57 Å². The van der Waals surface area contributed by atoms with Gasteiger partial charge in [0.05, 0.1) is 6.10 Å². The summed E-state index contributed by atoms with van der Waals surface area (Å²) >= 11 is 0. The highest BCUT2D eigenvalue weighted by Crippen LogP contribution is 2.68. The second-order valence-electron chi connectivity index (χ2n) is 15.4. The number of rotatable bonds is 5. The molecule has 0 heterocycles. The summed E-state index contributed by atoms with van der Waals surface area (Å²) in [7, 11) is -1.84. The predicted molar refractivity (Wildman–Crippen MR) is 150 cm³/mol. The molecule has 0 N–H and O–H groups in total. The molecular weight excluding hydrogens is 428 g/mol. The summed E-state index contributed by atoms with van der Waals surface area (Å²) in [6.07, 6.45) is 16.4. The minimum absolute atomic E-state index is 0.149. The van der Waals surface area contributed by atoms with Crippen molar-refractivity contribution in [1.29, 1.82) is 0 Å². The van der Waals surface area contributed by atoms with E-state index in [1.165, 1.54) is 51.4 Å². The first-order valence-electron chi connectivity index (χ1n) is 14.7. The fourth-order valence-corrected chi connectivity index (χ4v) is 10.5. The summed E-state index contributed by atoms with van der Waals surface area (Å²) in [4.78, 5) is 0. The van der Waals surface area contributed by atoms with Gasteiger partial charge in [-0.2, -0.15) is 0 Å². The van der Waals surface area contributed by atoms with Gasteiger partial charge in [0.2, 0.25) is 0 Å². The molecule has 34 heavy (non-hydrogen) atoms. The van der Waals surface area contributed by atoms with Gasteiger partial charge >= 0.3 is 0 Å². The summed E-state index contributed by atoms with van der Waals surface area (Å²) < 4.78 is 7.36. The van der Waals surface area contributed by atoms with Crippen LogP contribution in [0.15, 0.2) is 23.3 Å². The molecule has 4 aliphatic carbocycles. The van der Waals surface area contributed by atoms with Crippen LogP contribution in [0.5, 0.6) is 0 Å². The molecule has 4 rings (SSSR count). The number of fused-ring (bicyclic) bond motifs is 5. The van der Waals surface area contributed by atoms with Crippen LogP contribution in [0.25, 0.3) is 0 Å². The Morgan fingerprint density at radius 2 is 1.65 bits per heavy atom. The molecule has 0 saturated heterocycles. The topological polar surface area (TPSA) is 9.23 Å². The lowest BCUT2D eigenvalue weighted by molar-refractivity contribution is -0.0379.